The lowest BCUT2D eigenvalue weighted by atomic mass is 10.2. The van der Waals surface area contributed by atoms with Gasteiger partial charge in [0.25, 0.3) is 5.91 Å². The number of anilines is 4. The molecule has 1 amide bonds. The molecule has 9 heteroatoms. The Hall–Kier alpha value is -3.56. The van der Waals surface area contributed by atoms with Gasteiger partial charge in [0.2, 0.25) is 0 Å². The number of amides is 1. The fraction of sp³-hybridized carbons (Fsp3) is 0.182. The van der Waals surface area contributed by atoms with Crippen molar-refractivity contribution in [3.05, 3.63) is 65.8 Å². The Morgan fingerprint density at radius 1 is 1.03 bits per heavy atom. The number of rotatable bonds is 5. The van der Waals surface area contributed by atoms with E-state index in [4.69, 9.17) is 4.74 Å². The maximum atomic E-state index is 12.5. The summed E-state index contributed by atoms with van der Waals surface area (Å²) in [7, 11) is 0. The Morgan fingerprint density at radius 2 is 1.81 bits per heavy atom. The molecule has 1 aliphatic rings. The minimum Gasteiger partial charge on any atom is -0.378 e. The highest BCUT2D eigenvalue weighted by Gasteiger charge is 2.14. The molecule has 3 heterocycles. The molecule has 1 saturated heterocycles. The zero-order valence-electron chi connectivity index (χ0n) is 16.6. The monoisotopic (exact) mass is 432 g/mol. The molecule has 0 atom stereocenters. The SMILES string of the molecule is O=C(Nc1ccc(Nc2cc(N3CCOCC3)cnn2)cc1)c1nc2ccccc2s1. The van der Waals surface area contributed by atoms with Crippen molar-refractivity contribution in [2.24, 2.45) is 0 Å². The Balaban J connectivity index is 1.24. The Morgan fingerprint density at radius 3 is 2.61 bits per heavy atom. The van der Waals surface area contributed by atoms with Crippen molar-refractivity contribution in [2.45, 2.75) is 0 Å². The summed E-state index contributed by atoms with van der Waals surface area (Å²) < 4.78 is 6.40. The van der Waals surface area contributed by atoms with Crippen LogP contribution in [0.5, 0.6) is 0 Å². The van der Waals surface area contributed by atoms with Crippen molar-refractivity contribution >= 4 is 50.3 Å². The number of thiazole rings is 1. The van der Waals surface area contributed by atoms with E-state index in [2.05, 4.69) is 30.7 Å². The van der Waals surface area contributed by atoms with Crippen molar-refractivity contribution in [3.8, 4) is 0 Å². The van der Waals surface area contributed by atoms with Crippen LogP contribution in [0.3, 0.4) is 0 Å². The topological polar surface area (TPSA) is 92.3 Å². The van der Waals surface area contributed by atoms with Gasteiger partial charge in [0.1, 0.15) is 0 Å². The summed E-state index contributed by atoms with van der Waals surface area (Å²) in [4.78, 5) is 19.2. The van der Waals surface area contributed by atoms with Gasteiger partial charge in [-0.05, 0) is 36.4 Å². The van der Waals surface area contributed by atoms with Crippen molar-refractivity contribution in [2.75, 3.05) is 41.8 Å². The number of ether oxygens (including phenoxy) is 1. The van der Waals surface area contributed by atoms with E-state index in [-0.39, 0.29) is 5.91 Å². The van der Waals surface area contributed by atoms with E-state index in [1.165, 1.54) is 11.3 Å². The van der Waals surface area contributed by atoms with E-state index in [0.29, 0.717) is 16.5 Å². The van der Waals surface area contributed by atoms with Crippen LogP contribution in [0.15, 0.2) is 60.8 Å². The molecule has 5 rings (SSSR count). The first-order valence-corrected chi connectivity index (χ1v) is 10.8. The first-order chi connectivity index (χ1) is 15.2. The number of fused-ring (bicyclic) bond motifs is 1. The number of nitrogens with one attached hydrogen (secondary N) is 2. The van der Waals surface area contributed by atoms with Gasteiger partial charge < -0.3 is 20.3 Å². The molecule has 2 aromatic carbocycles. The van der Waals surface area contributed by atoms with Crippen LogP contribution in [0.25, 0.3) is 10.2 Å². The van der Waals surface area contributed by atoms with Crippen molar-refractivity contribution < 1.29 is 9.53 Å². The van der Waals surface area contributed by atoms with Crippen molar-refractivity contribution in [1.29, 1.82) is 0 Å². The van der Waals surface area contributed by atoms with Crippen LogP contribution in [0.4, 0.5) is 22.9 Å². The number of nitrogens with zero attached hydrogens (tertiary/aromatic N) is 4. The number of aromatic nitrogens is 3. The predicted molar refractivity (Wildman–Crippen MR) is 122 cm³/mol. The molecular formula is C22H20N6O2S. The molecule has 0 bridgehead atoms. The average Bonchev–Trinajstić information content (AvgIpc) is 3.26. The third-order valence-corrected chi connectivity index (χ3v) is 5.95. The molecule has 0 unspecified atom stereocenters. The Kier molecular flexibility index (Phi) is 5.42. The normalized spacial score (nSPS) is 13.9. The van der Waals surface area contributed by atoms with Gasteiger partial charge in [0.05, 0.1) is 35.3 Å². The number of morpholine rings is 1. The summed E-state index contributed by atoms with van der Waals surface area (Å²) in [6.07, 6.45) is 1.76. The zero-order valence-corrected chi connectivity index (χ0v) is 17.4. The Bertz CT molecular complexity index is 1170. The van der Waals surface area contributed by atoms with Crippen LogP contribution in [0.2, 0.25) is 0 Å². The summed E-state index contributed by atoms with van der Waals surface area (Å²) in [5.74, 6) is 0.446. The lowest BCUT2D eigenvalue weighted by Gasteiger charge is -2.28. The molecule has 0 radical (unpaired) electrons. The van der Waals surface area contributed by atoms with E-state index < -0.39 is 0 Å². The molecule has 4 aromatic rings. The predicted octanol–water partition coefficient (Wildman–Crippen LogP) is 3.92. The number of benzene rings is 2. The standard InChI is InChI=1S/C22H20N6O2S/c29-21(22-26-18-3-1-2-4-19(18)31-22)25-16-7-5-15(6-8-16)24-20-13-17(14-23-27-20)28-9-11-30-12-10-28/h1-8,13-14H,9-12H2,(H,24,27)(H,25,29). The molecule has 156 valence electrons. The van der Waals surface area contributed by atoms with Gasteiger partial charge in [-0.25, -0.2) is 4.98 Å². The minimum atomic E-state index is -0.217. The highest BCUT2D eigenvalue weighted by atomic mass is 32.1. The van der Waals surface area contributed by atoms with Gasteiger partial charge >= 0.3 is 0 Å². The molecule has 2 aromatic heterocycles. The molecular weight excluding hydrogens is 412 g/mol. The number of hydrogen-bond donors (Lipinski definition) is 2. The molecule has 1 aliphatic heterocycles. The van der Waals surface area contributed by atoms with E-state index in [0.717, 1.165) is 47.9 Å². The number of hydrogen-bond acceptors (Lipinski definition) is 8. The number of carbonyl (C=O) groups is 1. The fourth-order valence-electron chi connectivity index (χ4n) is 3.35. The summed E-state index contributed by atoms with van der Waals surface area (Å²) in [5, 5.41) is 14.9. The van der Waals surface area contributed by atoms with Crippen LogP contribution in [0.1, 0.15) is 9.80 Å². The molecule has 8 nitrogen and oxygen atoms in total. The lowest BCUT2D eigenvalue weighted by Crippen LogP contribution is -2.36. The van der Waals surface area contributed by atoms with Crippen molar-refractivity contribution in [1.82, 2.24) is 15.2 Å². The Labute approximate surface area is 182 Å². The van der Waals surface area contributed by atoms with Gasteiger partial charge in [0.15, 0.2) is 10.8 Å². The van der Waals surface area contributed by atoms with Crippen LogP contribution < -0.4 is 15.5 Å². The van der Waals surface area contributed by atoms with Gasteiger partial charge in [-0.3, -0.25) is 4.79 Å². The highest BCUT2D eigenvalue weighted by molar-refractivity contribution is 7.20. The molecule has 0 aliphatic carbocycles. The van der Waals surface area contributed by atoms with Gasteiger partial charge in [-0.2, -0.15) is 5.10 Å². The van der Waals surface area contributed by atoms with Crippen LogP contribution in [0, 0.1) is 0 Å². The lowest BCUT2D eigenvalue weighted by molar-refractivity contribution is 0.102. The molecule has 2 N–H and O–H groups in total. The van der Waals surface area contributed by atoms with E-state index >= 15 is 0 Å². The summed E-state index contributed by atoms with van der Waals surface area (Å²) in [5.41, 5.74) is 3.40. The fourth-order valence-corrected chi connectivity index (χ4v) is 4.21. The zero-order chi connectivity index (χ0) is 21.0. The highest BCUT2D eigenvalue weighted by Crippen LogP contribution is 2.24. The molecule has 1 fully saturated rings. The minimum absolute atomic E-state index is 0.217. The van der Waals surface area contributed by atoms with Crippen molar-refractivity contribution in [3.63, 3.8) is 0 Å². The van der Waals surface area contributed by atoms with E-state index in [1.807, 2.05) is 54.6 Å². The average molecular weight is 433 g/mol. The van der Waals surface area contributed by atoms with Gasteiger partial charge in [0, 0.05) is 30.5 Å². The van der Waals surface area contributed by atoms with Crippen LogP contribution in [-0.4, -0.2) is 47.4 Å². The van der Waals surface area contributed by atoms with Gasteiger partial charge in [-0.1, -0.05) is 12.1 Å². The van der Waals surface area contributed by atoms with Crippen LogP contribution >= 0.6 is 11.3 Å². The van der Waals surface area contributed by atoms with Gasteiger partial charge in [-0.15, -0.1) is 16.4 Å². The number of para-hydroxylation sites is 1. The maximum Gasteiger partial charge on any atom is 0.284 e. The second-order valence-electron chi connectivity index (χ2n) is 7.04. The van der Waals surface area contributed by atoms with E-state index in [1.54, 1.807) is 6.20 Å². The smallest absolute Gasteiger partial charge is 0.284 e. The maximum absolute atomic E-state index is 12.5. The van der Waals surface area contributed by atoms with E-state index in [9.17, 15) is 4.79 Å². The summed E-state index contributed by atoms with van der Waals surface area (Å²) in [6, 6.07) is 17.1. The first-order valence-electron chi connectivity index (χ1n) is 9.94. The summed E-state index contributed by atoms with van der Waals surface area (Å²) >= 11 is 1.38. The molecule has 0 saturated carbocycles. The quantitative estimate of drug-likeness (QED) is 0.494. The molecule has 31 heavy (non-hydrogen) atoms. The second-order valence-corrected chi connectivity index (χ2v) is 8.07. The van der Waals surface area contributed by atoms with Crippen LogP contribution in [-0.2, 0) is 4.74 Å². The largest absolute Gasteiger partial charge is 0.378 e. The third-order valence-electron chi connectivity index (χ3n) is 4.92. The first kappa shape index (κ1) is 19.4. The third kappa shape index (κ3) is 4.47. The number of carbonyl (C=O) groups excluding carboxylic acids is 1. The summed E-state index contributed by atoms with van der Waals surface area (Å²) in [6.45, 7) is 3.12. The molecule has 0 spiro atoms. The second kappa shape index (κ2) is 8.66.